The van der Waals surface area contributed by atoms with Crippen molar-refractivity contribution >= 4 is 51.5 Å². The SMILES string of the molecule is Br.Br.O=C(CN1C=CSC1)c1ccccc1. The third-order valence-corrected chi connectivity index (χ3v) is 2.85. The molecule has 1 aromatic rings. The second kappa shape index (κ2) is 7.92. The third-order valence-electron chi connectivity index (χ3n) is 2.05. The second-order valence-corrected chi connectivity index (χ2v) is 3.98. The van der Waals surface area contributed by atoms with Gasteiger partial charge in [-0.15, -0.1) is 45.7 Å². The molecule has 1 aliphatic rings. The lowest BCUT2D eigenvalue weighted by atomic mass is 10.1. The molecule has 1 aromatic carbocycles. The van der Waals surface area contributed by atoms with Crippen molar-refractivity contribution in [2.75, 3.05) is 12.4 Å². The summed E-state index contributed by atoms with van der Waals surface area (Å²) in [6.45, 7) is 0.480. The lowest BCUT2D eigenvalue weighted by Crippen LogP contribution is -2.22. The molecule has 0 spiro atoms. The van der Waals surface area contributed by atoms with Crippen LogP contribution < -0.4 is 0 Å². The lowest BCUT2D eigenvalue weighted by Gasteiger charge is -2.12. The maximum Gasteiger partial charge on any atom is 0.182 e. The molecule has 1 aliphatic heterocycles. The van der Waals surface area contributed by atoms with Crippen molar-refractivity contribution in [3.05, 3.63) is 47.5 Å². The van der Waals surface area contributed by atoms with Gasteiger partial charge in [0.25, 0.3) is 0 Å². The molecule has 0 saturated carbocycles. The van der Waals surface area contributed by atoms with E-state index in [0.29, 0.717) is 6.54 Å². The third kappa shape index (κ3) is 4.31. The Hall–Kier alpha value is -0.260. The summed E-state index contributed by atoms with van der Waals surface area (Å²) in [5.74, 6) is 1.07. The Morgan fingerprint density at radius 3 is 2.50 bits per heavy atom. The zero-order chi connectivity index (χ0) is 9.80. The topological polar surface area (TPSA) is 20.3 Å². The van der Waals surface area contributed by atoms with Crippen molar-refractivity contribution in [2.45, 2.75) is 0 Å². The van der Waals surface area contributed by atoms with E-state index in [1.165, 1.54) is 0 Å². The van der Waals surface area contributed by atoms with Crippen LogP contribution >= 0.6 is 45.7 Å². The van der Waals surface area contributed by atoms with Crippen LogP contribution in [0.1, 0.15) is 10.4 Å². The van der Waals surface area contributed by atoms with Crippen LogP contribution in [-0.2, 0) is 0 Å². The molecule has 5 heteroatoms. The molecule has 1 heterocycles. The highest BCUT2D eigenvalue weighted by molar-refractivity contribution is 8.93. The van der Waals surface area contributed by atoms with Crippen molar-refractivity contribution in [1.29, 1.82) is 0 Å². The number of halogens is 2. The van der Waals surface area contributed by atoms with E-state index in [-0.39, 0.29) is 39.7 Å². The van der Waals surface area contributed by atoms with Crippen LogP contribution in [-0.4, -0.2) is 23.1 Å². The van der Waals surface area contributed by atoms with Crippen molar-refractivity contribution in [3.8, 4) is 0 Å². The van der Waals surface area contributed by atoms with Gasteiger partial charge in [-0.05, 0) is 5.41 Å². The van der Waals surface area contributed by atoms with E-state index < -0.39 is 0 Å². The number of thioether (sulfide) groups is 1. The molecule has 0 atom stereocenters. The van der Waals surface area contributed by atoms with Gasteiger partial charge in [0.15, 0.2) is 5.78 Å². The minimum atomic E-state index is 0. The molecule has 2 rings (SSSR count). The molecule has 0 saturated heterocycles. The molecule has 2 nitrogen and oxygen atoms in total. The number of rotatable bonds is 3. The zero-order valence-corrected chi connectivity index (χ0v) is 12.8. The summed E-state index contributed by atoms with van der Waals surface area (Å²) in [6, 6.07) is 9.41. The molecule has 0 fully saturated rings. The Bertz CT molecular complexity index is 356. The number of carbonyl (C=O) groups is 1. The van der Waals surface area contributed by atoms with Gasteiger partial charge in [-0.2, -0.15) is 0 Å². The van der Waals surface area contributed by atoms with E-state index in [0.717, 1.165) is 11.4 Å². The van der Waals surface area contributed by atoms with Gasteiger partial charge in [0, 0.05) is 11.8 Å². The molecule has 16 heavy (non-hydrogen) atoms. The van der Waals surface area contributed by atoms with Crippen LogP contribution in [0.4, 0.5) is 0 Å². The van der Waals surface area contributed by atoms with Crippen LogP contribution in [0.3, 0.4) is 0 Å². The minimum absolute atomic E-state index is 0. The molecular weight excluding hydrogens is 354 g/mol. The van der Waals surface area contributed by atoms with E-state index in [9.17, 15) is 4.79 Å². The number of Topliss-reactive ketones (excluding diaryl/α,β-unsaturated/α-hetero) is 1. The Morgan fingerprint density at radius 1 is 1.25 bits per heavy atom. The fourth-order valence-electron chi connectivity index (χ4n) is 1.31. The van der Waals surface area contributed by atoms with Gasteiger partial charge in [0.05, 0.1) is 12.4 Å². The number of hydrogen-bond donors (Lipinski definition) is 0. The van der Waals surface area contributed by atoms with E-state index in [1.807, 2.05) is 46.8 Å². The van der Waals surface area contributed by atoms with E-state index in [1.54, 1.807) is 11.8 Å². The molecule has 0 aliphatic carbocycles. The average Bonchev–Trinajstić information content (AvgIpc) is 2.72. The Labute approximate surface area is 121 Å². The smallest absolute Gasteiger partial charge is 0.182 e. The van der Waals surface area contributed by atoms with Gasteiger partial charge in [-0.25, -0.2) is 0 Å². The average molecular weight is 367 g/mol. The molecule has 0 radical (unpaired) electrons. The van der Waals surface area contributed by atoms with E-state index in [4.69, 9.17) is 0 Å². The fourth-order valence-corrected chi connectivity index (χ4v) is 2.02. The first-order chi connectivity index (χ1) is 6.86. The quantitative estimate of drug-likeness (QED) is 0.763. The first-order valence-corrected chi connectivity index (χ1v) is 5.52. The summed E-state index contributed by atoms with van der Waals surface area (Å²) >= 11 is 1.71. The highest BCUT2D eigenvalue weighted by atomic mass is 79.9. The van der Waals surface area contributed by atoms with Crippen LogP contribution in [0, 0.1) is 0 Å². The van der Waals surface area contributed by atoms with Crippen LogP contribution in [0.2, 0.25) is 0 Å². The molecule has 88 valence electrons. The standard InChI is InChI=1S/C11H11NOS.2BrH/c13-11(8-12-6-7-14-9-12)10-4-2-1-3-5-10;;/h1-7H,8-9H2;2*1H. The Morgan fingerprint density at radius 2 is 1.94 bits per heavy atom. The molecule has 0 amide bonds. The molecule has 0 N–H and O–H groups in total. The largest absolute Gasteiger partial charge is 0.360 e. The normalized spacial score (nSPS) is 12.9. The summed E-state index contributed by atoms with van der Waals surface area (Å²) in [5.41, 5.74) is 0.790. The Kier molecular flexibility index (Phi) is 7.80. The summed E-state index contributed by atoms with van der Waals surface area (Å²) in [6.07, 6.45) is 1.96. The van der Waals surface area contributed by atoms with Crippen molar-refractivity contribution in [3.63, 3.8) is 0 Å². The number of nitrogens with zero attached hydrogens (tertiary/aromatic N) is 1. The van der Waals surface area contributed by atoms with Crippen LogP contribution in [0.5, 0.6) is 0 Å². The first-order valence-electron chi connectivity index (χ1n) is 4.47. The maximum atomic E-state index is 11.7. The van der Waals surface area contributed by atoms with Gasteiger partial charge in [0.2, 0.25) is 0 Å². The number of benzene rings is 1. The minimum Gasteiger partial charge on any atom is -0.360 e. The number of ketones is 1. The van der Waals surface area contributed by atoms with Crippen LogP contribution in [0.15, 0.2) is 41.9 Å². The summed E-state index contributed by atoms with van der Waals surface area (Å²) in [4.78, 5) is 13.7. The highest BCUT2D eigenvalue weighted by Crippen LogP contribution is 2.15. The summed E-state index contributed by atoms with van der Waals surface area (Å²) in [7, 11) is 0. The second-order valence-electron chi connectivity index (χ2n) is 3.12. The van der Waals surface area contributed by atoms with Gasteiger partial charge < -0.3 is 4.90 Å². The molecule has 0 aromatic heterocycles. The summed E-state index contributed by atoms with van der Waals surface area (Å²) < 4.78 is 0. The number of hydrogen-bond acceptors (Lipinski definition) is 3. The molecule has 0 bridgehead atoms. The maximum absolute atomic E-state index is 11.7. The summed E-state index contributed by atoms with van der Waals surface area (Å²) in [5, 5.41) is 2.01. The Balaban J connectivity index is 0.00000112. The van der Waals surface area contributed by atoms with Crippen molar-refractivity contribution in [1.82, 2.24) is 4.90 Å². The first kappa shape index (κ1) is 15.7. The zero-order valence-electron chi connectivity index (χ0n) is 8.54. The van der Waals surface area contributed by atoms with Crippen molar-refractivity contribution in [2.24, 2.45) is 0 Å². The van der Waals surface area contributed by atoms with E-state index >= 15 is 0 Å². The van der Waals surface area contributed by atoms with Gasteiger partial charge in [-0.3, -0.25) is 4.79 Å². The van der Waals surface area contributed by atoms with Gasteiger partial charge >= 0.3 is 0 Å². The van der Waals surface area contributed by atoms with Gasteiger partial charge in [-0.1, -0.05) is 30.3 Å². The van der Waals surface area contributed by atoms with Crippen LogP contribution in [0.25, 0.3) is 0 Å². The predicted octanol–water partition coefficient (Wildman–Crippen LogP) is 3.50. The van der Waals surface area contributed by atoms with Gasteiger partial charge in [0.1, 0.15) is 0 Å². The molecule has 0 unspecified atom stereocenters. The lowest BCUT2D eigenvalue weighted by molar-refractivity contribution is 0.0963. The number of carbonyl (C=O) groups excluding carboxylic acids is 1. The molecular formula is C11H13Br2NOS. The van der Waals surface area contributed by atoms with E-state index in [2.05, 4.69) is 0 Å². The fraction of sp³-hybridized carbons (Fsp3) is 0.182. The van der Waals surface area contributed by atoms with Crippen molar-refractivity contribution < 1.29 is 4.79 Å². The predicted molar refractivity (Wildman–Crippen MR) is 79.7 cm³/mol. The highest BCUT2D eigenvalue weighted by Gasteiger charge is 2.11. The monoisotopic (exact) mass is 365 g/mol.